The van der Waals surface area contributed by atoms with Gasteiger partial charge in [0.05, 0.1) is 0 Å². The molecule has 1 atom stereocenters. The maximum absolute atomic E-state index is 10.7. The molecule has 0 radical (unpaired) electrons. The normalized spacial score (nSPS) is 13.3. The molecule has 1 unspecified atom stereocenters. The number of hydrogen-bond acceptors (Lipinski definition) is 5. The summed E-state index contributed by atoms with van der Waals surface area (Å²) < 4.78 is 8.95. The fraction of sp³-hybridized carbons (Fsp3) is 0.375. The van der Waals surface area contributed by atoms with Crippen molar-refractivity contribution in [2.24, 2.45) is 0 Å². The SMILES string of the molecule is C=CC(=O)OC(C)(C#N)OC(C)=O. The highest BCUT2D eigenvalue weighted by atomic mass is 16.7. The minimum atomic E-state index is -1.88. The summed E-state index contributed by atoms with van der Waals surface area (Å²) in [4.78, 5) is 21.2. The van der Waals surface area contributed by atoms with Crippen LogP contribution in [0.5, 0.6) is 0 Å². The van der Waals surface area contributed by atoms with Crippen LogP contribution in [0.2, 0.25) is 0 Å². The smallest absolute Gasteiger partial charge is 0.343 e. The molecular formula is C8H9NO4. The van der Waals surface area contributed by atoms with Gasteiger partial charge in [0.2, 0.25) is 0 Å². The van der Waals surface area contributed by atoms with Gasteiger partial charge in [-0.1, -0.05) is 6.58 Å². The van der Waals surface area contributed by atoms with Gasteiger partial charge in [0, 0.05) is 19.9 Å². The average molecular weight is 183 g/mol. The number of esters is 2. The summed E-state index contributed by atoms with van der Waals surface area (Å²) in [6.07, 6.45) is 0.874. The van der Waals surface area contributed by atoms with Crippen LogP contribution in [0.1, 0.15) is 13.8 Å². The van der Waals surface area contributed by atoms with Crippen LogP contribution < -0.4 is 0 Å². The molecule has 0 aliphatic rings. The van der Waals surface area contributed by atoms with Crippen LogP contribution in [0.15, 0.2) is 12.7 Å². The zero-order chi connectivity index (χ0) is 10.5. The second-order valence-electron chi connectivity index (χ2n) is 2.28. The van der Waals surface area contributed by atoms with Gasteiger partial charge >= 0.3 is 17.7 Å². The third kappa shape index (κ3) is 3.91. The molecule has 0 aromatic rings. The predicted molar refractivity (Wildman–Crippen MR) is 42.1 cm³/mol. The van der Waals surface area contributed by atoms with Crippen molar-refractivity contribution in [3.05, 3.63) is 12.7 Å². The van der Waals surface area contributed by atoms with E-state index < -0.39 is 17.7 Å². The van der Waals surface area contributed by atoms with Crippen molar-refractivity contribution in [3.8, 4) is 6.07 Å². The van der Waals surface area contributed by atoms with E-state index in [1.54, 1.807) is 6.07 Å². The van der Waals surface area contributed by atoms with Gasteiger partial charge in [-0.25, -0.2) is 4.79 Å². The number of carbonyl (C=O) groups excluding carboxylic acids is 2. The second kappa shape index (κ2) is 4.26. The van der Waals surface area contributed by atoms with Gasteiger partial charge in [-0.2, -0.15) is 5.26 Å². The molecule has 0 aromatic heterocycles. The molecular weight excluding hydrogens is 174 g/mol. The molecule has 0 saturated heterocycles. The van der Waals surface area contributed by atoms with Gasteiger partial charge in [-0.05, 0) is 0 Å². The lowest BCUT2D eigenvalue weighted by molar-refractivity contribution is -0.198. The standard InChI is InChI=1S/C8H9NO4/c1-4-7(11)13-8(3,5-9)12-6(2)10/h4H,1H2,2-3H3. The number of nitriles is 1. The Balaban J connectivity index is 4.47. The van der Waals surface area contributed by atoms with Crippen molar-refractivity contribution in [2.75, 3.05) is 0 Å². The molecule has 0 heterocycles. The van der Waals surface area contributed by atoms with Crippen molar-refractivity contribution in [3.63, 3.8) is 0 Å². The Morgan fingerprint density at radius 1 is 1.54 bits per heavy atom. The van der Waals surface area contributed by atoms with E-state index in [1.807, 2.05) is 0 Å². The molecule has 0 rings (SSSR count). The molecule has 5 nitrogen and oxygen atoms in total. The Labute approximate surface area is 75.5 Å². The summed E-state index contributed by atoms with van der Waals surface area (Å²) in [5, 5.41) is 8.54. The van der Waals surface area contributed by atoms with Gasteiger partial charge in [0.1, 0.15) is 0 Å². The highest BCUT2D eigenvalue weighted by Crippen LogP contribution is 2.11. The third-order valence-corrected chi connectivity index (χ3v) is 1.00. The number of carbonyl (C=O) groups is 2. The van der Waals surface area contributed by atoms with E-state index in [4.69, 9.17) is 5.26 Å². The maximum Gasteiger partial charge on any atom is 0.343 e. The van der Waals surface area contributed by atoms with Crippen molar-refractivity contribution in [2.45, 2.75) is 19.6 Å². The molecule has 0 aliphatic heterocycles. The van der Waals surface area contributed by atoms with Crippen molar-refractivity contribution in [1.29, 1.82) is 5.26 Å². The van der Waals surface area contributed by atoms with Crippen LogP contribution in [0.3, 0.4) is 0 Å². The van der Waals surface area contributed by atoms with Crippen LogP contribution >= 0.6 is 0 Å². The lowest BCUT2D eigenvalue weighted by Gasteiger charge is -2.19. The zero-order valence-electron chi connectivity index (χ0n) is 7.36. The first-order valence-corrected chi connectivity index (χ1v) is 3.40. The van der Waals surface area contributed by atoms with Crippen LogP contribution in [-0.4, -0.2) is 17.7 Å². The average Bonchev–Trinajstić information content (AvgIpc) is 2.02. The zero-order valence-corrected chi connectivity index (χ0v) is 7.36. The molecule has 13 heavy (non-hydrogen) atoms. The minimum Gasteiger partial charge on any atom is -0.409 e. The van der Waals surface area contributed by atoms with E-state index in [0.29, 0.717) is 0 Å². The summed E-state index contributed by atoms with van der Waals surface area (Å²) in [7, 11) is 0. The predicted octanol–water partition coefficient (Wildman–Crippen LogP) is 0.518. The molecule has 0 bridgehead atoms. The van der Waals surface area contributed by atoms with Gasteiger partial charge < -0.3 is 9.47 Å². The molecule has 0 amide bonds. The van der Waals surface area contributed by atoms with Gasteiger partial charge in [0.25, 0.3) is 0 Å². The molecule has 0 N–H and O–H groups in total. The molecule has 0 saturated carbocycles. The molecule has 0 aliphatic carbocycles. The molecule has 0 fully saturated rings. The quantitative estimate of drug-likeness (QED) is 0.362. The molecule has 70 valence electrons. The molecule has 0 spiro atoms. The van der Waals surface area contributed by atoms with E-state index in [2.05, 4.69) is 16.1 Å². The van der Waals surface area contributed by atoms with Crippen molar-refractivity contribution < 1.29 is 19.1 Å². The van der Waals surface area contributed by atoms with E-state index in [0.717, 1.165) is 19.9 Å². The molecule has 0 aromatic carbocycles. The first-order chi connectivity index (χ1) is 5.93. The second-order valence-corrected chi connectivity index (χ2v) is 2.28. The van der Waals surface area contributed by atoms with Crippen molar-refractivity contribution in [1.82, 2.24) is 0 Å². The Kier molecular flexibility index (Phi) is 3.66. The summed E-state index contributed by atoms with van der Waals surface area (Å²) in [5.41, 5.74) is 0. The van der Waals surface area contributed by atoms with Gasteiger partial charge in [-0.3, -0.25) is 4.79 Å². The first kappa shape index (κ1) is 11.2. The highest BCUT2D eigenvalue weighted by Gasteiger charge is 2.31. The summed E-state index contributed by atoms with van der Waals surface area (Å²) in [5.74, 6) is -3.41. The number of rotatable bonds is 3. The van der Waals surface area contributed by atoms with E-state index in [9.17, 15) is 9.59 Å². The number of ether oxygens (including phenoxy) is 2. The van der Waals surface area contributed by atoms with Crippen LogP contribution in [0.4, 0.5) is 0 Å². The minimum absolute atomic E-state index is 0.707. The summed E-state index contributed by atoms with van der Waals surface area (Å²) >= 11 is 0. The number of nitrogens with zero attached hydrogens (tertiary/aromatic N) is 1. The van der Waals surface area contributed by atoms with Gasteiger partial charge in [-0.15, -0.1) is 0 Å². The fourth-order valence-corrected chi connectivity index (χ4v) is 0.574. The summed E-state index contributed by atoms with van der Waals surface area (Å²) in [6.45, 7) is 5.40. The van der Waals surface area contributed by atoms with Crippen molar-refractivity contribution >= 4 is 11.9 Å². The van der Waals surface area contributed by atoms with Crippen LogP contribution in [-0.2, 0) is 19.1 Å². The van der Waals surface area contributed by atoms with Gasteiger partial charge in [0.15, 0.2) is 6.07 Å². The Hall–Kier alpha value is -1.83. The highest BCUT2D eigenvalue weighted by molar-refractivity contribution is 5.81. The molecule has 5 heteroatoms. The van der Waals surface area contributed by atoms with E-state index in [-0.39, 0.29) is 0 Å². The Morgan fingerprint density at radius 2 is 2.08 bits per heavy atom. The maximum atomic E-state index is 10.7. The Morgan fingerprint density at radius 3 is 2.38 bits per heavy atom. The topological polar surface area (TPSA) is 76.4 Å². The largest absolute Gasteiger partial charge is 0.409 e. The van der Waals surface area contributed by atoms with Crippen LogP contribution in [0.25, 0.3) is 0 Å². The monoisotopic (exact) mass is 183 g/mol. The van der Waals surface area contributed by atoms with E-state index in [1.165, 1.54) is 0 Å². The third-order valence-electron chi connectivity index (χ3n) is 1.00. The summed E-state index contributed by atoms with van der Waals surface area (Å²) in [6, 6.07) is 1.54. The number of hydrogen-bond donors (Lipinski definition) is 0. The first-order valence-electron chi connectivity index (χ1n) is 3.40. The lowest BCUT2D eigenvalue weighted by atomic mass is 10.3. The Bertz CT molecular complexity index is 278. The lowest BCUT2D eigenvalue weighted by Crippen LogP contribution is -2.34. The van der Waals surface area contributed by atoms with E-state index >= 15 is 0 Å². The van der Waals surface area contributed by atoms with Crippen LogP contribution in [0, 0.1) is 11.3 Å². The fourth-order valence-electron chi connectivity index (χ4n) is 0.574.